The van der Waals surface area contributed by atoms with E-state index >= 15 is 0 Å². The van der Waals surface area contributed by atoms with Gasteiger partial charge in [-0.05, 0) is 30.5 Å². The standard InChI is InChI=1S/C19H23N3O5/c23-15(10-19(18(26)27)6-1-7-19)21-11-13-2-4-14(5-3-13)17(25)22-9-8-20-16(24)12-22/h2-5H,1,6-12H2,(H,20,24)(H,21,23)(H,26,27). The third kappa shape index (κ3) is 4.27. The van der Waals surface area contributed by atoms with E-state index in [-0.39, 0.29) is 37.2 Å². The van der Waals surface area contributed by atoms with Crippen LogP contribution in [0.5, 0.6) is 0 Å². The molecule has 144 valence electrons. The topological polar surface area (TPSA) is 116 Å². The number of carboxylic acid groups (broad SMARTS) is 1. The van der Waals surface area contributed by atoms with E-state index in [1.165, 1.54) is 4.90 Å². The number of hydrogen-bond donors (Lipinski definition) is 3. The number of aliphatic carboxylic acids is 1. The molecule has 3 rings (SSSR count). The van der Waals surface area contributed by atoms with Crippen LogP contribution in [0.15, 0.2) is 24.3 Å². The van der Waals surface area contributed by atoms with E-state index in [9.17, 15) is 24.3 Å². The molecule has 2 fully saturated rings. The SMILES string of the molecule is O=C1CN(C(=O)c2ccc(CNC(=O)CC3(C(=O)O)CCC3)cc2)CCN1. The minimum absolute atomic E-state index is 0.00404. The number of rotatable bonds is 6. The van der Waals surface area contributed by atoms with Gasteiger partial charge in [-0.1, -0.05) is 18.6 Å². The minimum Gasteiger partial charge on any atom is -0.481 e. The quantitative estimate of drug-likeness (QED) is 0.672. The predicted molar refractivity (Wildman–Crippen MR) is 95.7 cm³/mol. The van der Waals surface area contributed by atoms with Crippen LogP contribution in [0.25, 0.3) is 0 Å². The number of benzene rings is 1. The van der Waals surface area contributed by atoms with Gasteiger partial charge in [0.2, 0.25) is 11.8 Å². The van der Waals surface area contributed by atoms with Gasteiger partial charge in [0.1, 0.15) is 0 Å². The summed E-state index contributed by atoms with van der Waals surface area (Å²) in [5.41, 5.74) is 0.398. The molecule has 1 saturated carbocycles. The Balaban J connectivity index is 1.51. The van der Waals surface area contributed by atoms with Gasteiger partial charge in [0.15, 0.2) is 0 Å². The lowest BCUT2D eigenvalue weighted by Crippen LogP contribution is -2.49. The van der Waals surface area contributed by atoms with Crippen molar-refractivity contribution in [1.82, 2.24) is 15.5 Å². The number of nitrogens with one attached hydrogen (secondary N) is 2. The highest BCUT2D eigenvalue weighted by molar-refractivity contribution is 5.97. The van der Waals surface area contributed by atoms with Crippen molar-refractivity contribution < 1.29 is 24.3 Å². The van der Waals surface area contributed by atoms with Crippen LogP contribution >= 0.6 is 0 Å². The zero-order valence-corrected chi connectivity index (χ0v) is 15.0. The number of amides is 3. The molecule has 0 unspecified atom stereocenters. The van der Waals surface area contributed by atoms with E-state index in [0.717, 1.165) is 12.0 Å². The van der Waals surface area contributed by atoms with Crippen LogP contribution in [-0.4, -0.2) is 53.3 Å². The maximum Gasteiger partial charge on any atom is 0.310 e. The second-order valence-corrected chi connectivity index (χ2v) is 7.17. The summed E-state index contributed by atoms with van der Waals surface area (Å²) in [6.45, 7) is 1.26. The van der Waals surface area contributed by atoms with Crippen molar-refractivity contribution in [1.29, 1.82) is 0 Å². The zero-order chi connectivity index (χ0) is 19.4. The Hall–Kier alpha value is -2.90. The summed E-state index contributed by atoms with van der Waals surface area (Å²) in [7, 11) is 0. The first-order valence-corrected chi connectivity index (χ1v) is 9.05. The van der Waals surface area contributed by atoms with Gasteiger partial charge in [-0.2, -0.15) is 0 Å². The number of hydrogen-bond acceptors (Lipinski definition) is 4. The second-order valence-electron chi connectivity index (χ2n) is 7.17. The fraction of sp³-hybridized carbons (Fsp3) is 0.474. The lowest BCUT2D eigenvalue weighted by atomic mass is 9.66. The first-order valence-electron chi connectivity index (χ1n) is 9.05. The Bertz CT molecular complexity index is 755. The Morgan fingerprint density at radius 1 is 1.19 bits per heavy atom. The van der Waals surface area contributed by atoms with E-state index in [2.05, 4.69) is 10.6 Å². The molecular formula is C19H23N3O5. The van der Waals surface area contributed by atoms with Crippen molar-refractivity contribution in [2.24, 2.45) is 5.41 Å². The van der Waals surface area contributed by atoms with Crippen molar-refractivity contribution >= 4 is 23.7 Å². The third-order valence-electron chi connectivity index (χ3n) is 5.28. The second kappa shape index (κ2) is 7.77. The fourth-order valence-electron chi connectivity index (χ4n) is 3.40. The predicted octanol–water partition coefficient (Wildman–Crippen LogP) is 0.520. The molecule has 1 saturated heterocycles. The number of carbonyl (C=O) groups excluding carboxylic acids is 3. The molecule has 1 aliphatic carbocycles. The highest BCUT2D eigenvalue weighted by atomic mass is 16.4. The van der Waals surface area contributed by atoms with Crippen LogP contribution < -0.4 is 10.6 Å². The van der Waals surface area contributed by atoms with E-state index in [1.807, 2.05) is 0 Å². The normalized spacial score (nSPS) is 18.2. The number of nitrogens with zero attached hydrogens (tertiary/aromatic N) is 1. The third-order valence-corrected chi connectivity index (χ3v) is 5.28. The van der Waals surface area contributed by atoms with Gasteiger partial charge < -0.3 is 20.6 Å². The van der Waals surface area contributed by atoms with E-state index in [1.54, 1.807) is 24.3 Å². The maximum absolute atomic E-state index is 12.4. The summed E-state index contributed by atoms with van der Waals surface area (Å²) >= 11 is 0. The lowest BCUT2D eigenvalue weighted by Gasteiger charge is -2.36. The smallest absolute Gasteiger partial charge is 0.310 e. The molecule has 0 bridgehead atoms. The summed E-state index contributed by atoms with van der Waals surface area (Å²) in [6, 6.07) is 6.82. The largest absolute Gasteiger partial charge is 0.481 e. The van der Waals surface area contributed by atoms with Gasteiger partial charge in [0.25, 0.3) is 5.91 Å². The molecule has 3 amide bonds. The Morgan fingerprint density at radius 2 is 1.89 bits per heavy atom. The molecule has 27 heavy (non-hydrogen) atoms. The highest BCUT2D eigenvalue weighted by Crippen LogP contribution is 2.44. The summed E-state index contributed by atoms with van der Waals surface area (Å²) in [4.78, 5) is 48.7. The van der Waals surface area contributed by atoms with Crippen molar-refractivity contribution in [2.75, 3.05) is 19.6 Å². The first kappa shape index (κ1) is 18.9. The van der Waals surface area contributed by atoms with E-state index < -0.39 is 11.4 Å². The summed E-state index contributed by atoms with van der Waals surface area (Å²) in [5, 5.41) is 14.7. The average Bonchev–Trinajstić information content (AvgIpc) is 2.62. The molecule has 0 radical (unpaired) electrons. The Kier molecular flexibility index (Phi) is 5.43. The van der Waals surface area contributed by atoms with Crippen LogP contribution in [0.3, 0.4) is 0 Å². The Labute approximate surface area is 156 Å². The van der Waals surface area contributed by atoms with Crippen molar-refractivity contribution in [3.05, 3.63) is 35.4 Å². The van der Waals surface area contributed by atoms with E-state index in [0.29, 0.717) is 31.5 Å². The molecule has 3 N–H and O–H groups in total. The number of piperazine rings is 1. The molecule has 1 aliphatic heterocycles. The molecule has 0 atom stereocenters. The highest BCUT2D eigenvalue weighted by Gasteiger charge is 2.45. The van der Waals surface area contributed by atoms with Crippen LogP contribution in [-0.2, 0) is 20.9 Å². The van der Waals surface area contributed by atoms with Gasteiger partial charge in [0, 0.05) is 31.6 Å². The monoisotopic (exact) mass is 373 g/mol. The summed E-state index contributed by atoms with van der Waals surface area (Å²) < 4.78 is 0. The van der Waals surface area contributed by atoms with Crippen LogP contribution in [0.4, 0.5) is 0 Å². The maximum atomic E-state index is 12.4. The van der Waals surface area contributed by atoms with Crippen molar-refractivity contribution in [2.45, 2.75) is 32.2 Å². The molecule has 1 aromatic carbocycles. The molecule has 1 aromatic rings. The molecule has 1 heterocycles. The average molecular weight is 373 g/mol. The first-order chi connectivity index (χ1) is 12.9. The van der Waals surface area contributed by atoms with Crippen LogP contribution in [0.2, 0.25) is 0 Å². The van der Waals surface area contributed by atoms with Crippen molar-refractivity contribution in [3.8, 4) is 0 Å². The summed E-state index contributed by atoms with van der Waals surface area (Å²) in [6.07, 6.45) is 1.92. The molecule has 0 aromatic heterocycles. The molecular weight excluding hydrogens is 350 g/mol. The minimum atomic E-state index is -0.904. The molecule has 8 nitrogen and oxygen atoms in total. The molecule has 8 heteroatoms. The summed E-state index contributed by atoms with van der Waals surface area (Å²) in [5.74, 6) is -1.55. The lowest BCUT2D eigenvalue weighted by molar-refractivity contribution is -0.157. The van der Waals surface area contributed by atoms with Crippen LogP contribution in [0, 0.1) is 5.41 Å². The van der Waals surface area contributed by atoms with Gasteiger partial charge >= 0.3 is 5.97 Å². The Morgan fingerprint density at radius 3 is 2.44 bits per heavy atom. The zero-order valence-electron chi connectivity index (χ0n) is 15.0. The fourth-order valence-corrected chi connectivity index (χ4v) is 3.40. The van der Waals surface area contributed by atoms with Crippen molar-refractivity contribution in [3.63, 3.8) is 0 Å². The number of carbonyl (C=O) groups is 4. The molecule has 0 spiro atoms. The van der Waals surface area contributed by atoms with Gasteiger partial charge in [-0.15, -0.1) is 0 Å². The van der Waals surface area contributed by atoms with E-state index in [4.69, 9.17) is 0 Å². The number of carboxylic acids is 1. The van der Waals surface area contributed by atoms with Gasteiger partial charge in [-0.25, -0.2) is 0 Å². The van der Waals surface area contributed by atoms with Gasteiger partial charge in [-0.3, -0.25) is 19.2 Å². The van der Waals surface area contributed by atoms with Crippen LogP contribution in [0.1, 0.15) is 41.6 Å². The molecule has 2 aliphatic rings. The van der Waals surface area contributed by atoms with Gasteiger partial charge in [0.05, 0.1) is 12.0 Å².